The molecule has 15 atom stereocenters. The number of carboxylic acid groups (broad SMARTS) is 1. The predicted molar refractivity (Wildman–Crippen MR) is 236 cm³/mol. The first kappa shape index (κ1) is 51.1. The highest BCUT2D eigenvalue weighted by molar-refractivity contribution is 5.90. The molecule has 14 nitrogen and oxygen atoms in total. The Balaban J connectivity index is 1.40. The van der Waals surface area contributed by atoms with Crippen LogP contribution in [0.3, 0.4) is 0 Å². The van der Waals surface area contributed by atoms with Crippen LogP contribution in [0.25, 0.3) is 0 Å². The third-order valence-electron chi connectivity index (χ3n) is 13.4. The van der Waals surface area contributed by atoms with Crippen LogP contribution < -0.4 is 0 Å². The second-order valence-corrected chi connectivity index (χ2v) is 17.9. The Morgan fingerprint density at radius 1 is 0.531 bits per heavy atom. The van der Waals surface area contributed by atoms with Crippen molar-refractivity contribution in [1.82, 2.24) is 0 Å². The first-order chi connectivity index (χ1) is 30.7. The van der Waals surface area contributed by atoms with Crippen molar-refractivity contribution in [3.05, 3.63) is 71.8 Å². The molecule has 0 amide bonds. The summed E-state index contributed by atoms with van der Waals surface area (Å²) in [4.78, 5) is 50.8. The van der Waals surface area contributed by atoms with Gasteiger partial charge >= 0.3 is 23.9 Å². The van der Waals surface area contributed by atoms with Crippen molar-refractivity contribution in [1.29, 1.82) is 0 Å². The summed E-state index contributed by atoms with van der Waals surface area (Å²) < 4.78 is 58.2. The van der Waals surface area contributed by atoms with Crippen LogP contribution in [-0.4, -0.2) is 104 Å². The van der Waals surface area contributed by atoms with Gasteiger partial charge in [0, 0.05) is 37.7 Å². The van der Waals surface area contributed by atoms with Gasteiger partial charge in [-0.3, -0.25) is 9.59 Å². The summed E-state index contributed by atoms with van der Waals surface area (Å²) in [6, 6.07) is 17.6. The minimum Gasteiger partial charge on any atom is -0.481 e. The fourth-order valence-corrected chi connectivity index (χ4v) is 9.07. The molecule has 14 heteroatoms. The summed E-state index contributed by atoms with van der Waals surface area (Å²) in [6.07, 6.45) is -1.16. The largest absolute Gasteiger partial charge is 0.481 e. The third kappa shape index (κ3) is 13.8. The van der Waals surface area contributed by atoms with Crippen molar-refractivity contribution in [3.8, 4) is 0 Å². The summed E-state index contributed by atoms with van der Waals surface area (Å²) in [5, 5.41) is 8.96. The zero-order valence-corrected chi connectivity index (χ0v) is 39.0. The van der Waals surface area contributed by atoms with E-state index in [0.29, 0.717) is 30.4 Å². The molecule has 3 saturated heterocycles. The first-order valence-corrected chi connectivity index (χ1v) is 23.5. The molecule has 0 spiro atoms. The smallest absolute Gasteiger partial charge is 0.338 e. The lowest BCUT2D eigenvalue weighted by atomic mass is 9.82. The highest BCUT2D eigenvalue weighted by Crippen LogP contribution is 2.40. The molecule has 3 aliphatic rings. The van der Waals surface area contributed by atoms with E-state index >= 15 is 0 Å². The Kier molecular flexibility index (Phi) is 20.0. The minimum absolute atomic E-state index is 0.0193. The average Bonchev–Trinajstić information content (AvgIpc) is 3.28. The number of aliphatic carboxylic acids is 1. The molecule has 3 aliphatic heterocycles. The van der Waals surface area contributed by atoms with Crippen LogP contribution in [0.5, 0.6) is 0 Å². The number of rotatable bonds is 22. The van der Waals surface area contributed by atoms with Crippen molar-refractivity contribution in [2.24, 2.45) is 29.6 Å². The fourth-order valence-electron chi connectivity index (χ4n) is 9.07. The molecule has 0 bridgehead atoms. The molecule has 5 rings (SSSR count). The number of unbranched alkanes of at least 4 members (excludes halogenated alkanes) is 5. The van der Waals surface area contributed by atoms with Gasteiger partial charge in [-0.25, -0.2) is 9.59 Å². The molecule has 0 saturated carbocycles. The van der Waals surface area contributed by atoms with E-state index in [1.807, 2.05) is 39.8 Å². The van der Waals surface area contributed by atoms with Crippen LogP contribution in [0.2, 0.25) is 0 Å². The quantitative estimate of drug-likeness (QED) is 0.0675. The van der Waals surface area contributed by atoms with Gasteiger partial charge in [0.25, 0.3) is 0 Å². The number of benzene rings is 2. The van der Waals surface area contributed by atoms with E-state index in [-0.39, 0.29) is 55.5 Å². The normalized spacial score (nSPS) is 32.9. The maximum atomic E-state index is 13.6. The number of carboxylic acids is 1. The number of ether oxygens (including phenoxy) is 9. The van der Waals surface area contributed by atoms with Gasteiger partial charge < -0.3 is 47.7 Å². The lowest BCUT2D eigenvalue weighted by Crippen LogP contribution is -2.61. The highest BCUT2D eigenvalue weighted by atomic mass is 16.8. The molecule has 0 aromatic heterocycles. The van der Waals surface area contributed by atoms with Crippen LogP contribution in [0.15, 0.2) is 60.7 Å². The fraction of sp³-hybridized carbons (Fsp3) is 0.680. The monoisotopic (exact) mass is 896 g/mol. The van der Waals surface area contributed by atoms with E-state index in [2.05, 4.69) is 20.8 Å². The number of hydrogen-bond donors (Lipinski definition) is 1. The van der Waals surface area contributed by atoms with Crippen molar-refractivity contribution >= 4 is 23.9 Å². The molecule has 1 N–H and O–H groups in total. The Morgan fingerprint density at radius 3 is 1.52 bits per heavy atom. The van der Waals surface area contributed by atoms with Gasteiger partial charge in [-0.2, -0.15) is 0 Å². The Labute approximate surface area is 379 Å². The molecule has 0 aliphatic carbocycles. The lowest BCUT2D eigenvalue weighted by molar-refractivity contribution is -0.349. The zero-order valence-electron chi connectivity index (χ0n) is 39.0. The molecule has 15 unspecified atom stereocenters. The molecule has 356 valence electrons. The molecule has 2 aromatic rings. The maximum absolute atomic E-state index is 13.6. The van der Waals surface area contributed by atoms with Crippen LogP contribution >= 0.6 is 0 Å². The molecule has 3 heterocycles. The van der Waals surface area contributed by atoms with E-state index in [1.54, 1.807) is 48.5 Å². The van der Waals surface area contributed by atoms with Gasteiger partial charge in [0.1, 0.15) is 6.10 Å². The summed E-state index contributed by atoms with van der Waals surface area (Å²) in [6.45, 7) is 15.8. The van der Waals surface area contributed by atoms with Crippen LogP contribution in [0.1, 0.15) is 134 Å². The lowest BCUT2D eigenvalue weighted by Gasteiger charge is -2.49. The second kappa shape index (κ2) is 25.1. The number of esters is 3. The Bertz CT molecular complexity index is 1740. The average molecular weight is 897 g/mol. The van der Waals surface area contributed by atoms with Crippen LogP contribution in [-0.2, 0) is 52.2 Å². The van der Waals surface area contributed by atoms with Crippen LogP contribution in [0, 0.1) is 29.6 Å². The highest BCUT2D eigenvalue weighted by Gasteiger charge is 2.53. The van der Waals surface area contributed by atoms with Gasteiger partial charge in [0.2, 0.25) is 0 Å². The summed E-state index contributed by atoms with van der Waals surface area (Å²) in [5.74, 6) is -3.00. The predicted octanol–water partition coefficient (Wildman–Crippen LogP) is 8.78. The number of carbonyl (C=O) groups is 4. The van der Waals surface area contributed by atoms with Crippen LogP contribution in [0.4, 0.5) is 0 Å². The van der Waals surface area contributed by atoms with E-state index in [0.717, 1.165) is 32.1 Å². The van der Waals surface area contributed by atoms with Gasteiger partial charge in [-0.15, -0.1) is 0 Å². The SMILES string of the molecule is CCC1OC(OCC2OC(OCCCCCCCCC(=O)O)C(OC(C)=O)C(OC3OC(CC)C(C)C(C)C3OC(=O)c3ccccc3)C2C)C(OC(=O)c2ccccc2)C(C)C1C. The van der Waals surface area contributed by atoms with Crippen molar-refractivity contribution in [2.75, 3.05) is 13.2 Å². The molecular weight excluding hydrogens is 825 g/mol. The summed E-state index contributed by atoms with van der Waals surface area (Å²) >= 11 is 0. The van der Waals surface area contributed by atoms with Crippen molar-refractivity contribution in [3.63, 3.8) is 0 Å². The van der Waals surface area contributed by atoms with Gasteiger partial charge in [-0.1, -0.05) is 111 Å². The van der Waals surface area contributed by atoms with Gasteiger partial charge in [0.05, 0.1) is 36.0 Å². The molecule has 0 radical (unpaired) electrons. The zero-order chi connectivity index (χ0) is 46.3. The second-order valence-electron chi connectivity index (χ2n) is 17.9. The number of carbonyl (C=O) groups excluding carboxylic acids is 3. The van der Waals surface area contributed by atoms with Gasteiger partial charge in [0.15, 0.2) is 37.2 Å². The molecule has 2 aromatic carbocycles. The summed E-state index contributed by atoms with van der Waals surface area (Å²) in [5.41, 5.74) is 0.818. The topological polar surface area (TPSA) is 172 Å². The summed E-state index contributed by atoms with van der Waals surface area (Å²) in [7, 11) is 0. The van der Waals surface area contributed by atoms with Gasteiger partial charge in [-0.05, 0) is 61.8 Å². The Morgan fingerprint density at radius 2 is 1.00 bits per heavy atom. The maximum Gasteiger partial charge on any atom is 0.338 e. The van der Waals surface area contributed by atoms with E-state index in [9.17, 15) is 19.2 Å². The Hall–Kier alpha value is -3.92. The van der Waals surface area contributed by atoms with Crippen molar-refractivity contribution in [2.45, 2.75) is 175 Å². The standard InChI is InChI=1S/C50H72O14/c1-9-38-30(3)32(5)43(62-46(54)36-23-17-15-18-24-36)48(59-38)57-29-40-34(7)42(45(58-35(8)51)49(61-40)56-28-22-14-12-11-13-21-27-41(52)53)64-50-44(33(6)31(4)39(10-2)60-50)63-47(55)37-25-19-16-20-26-37/h15-20,23-26,30-34,38-40,42-45,48-50H,9-14,21-22,27-29H2,1-8H3,(H,52,53). The molecule has 3 fully saturated rings. The third-order valence-corrected chi connectivity index (χ3v) is 13.4. The van der Waals surface area contributed by atoms with E-state index in [4.69, 9.17) is 47.7 Å². The molecular formula is C50H72O14. The minimum atomic E-state index is -1.08. The van der Waals surface area contributed by atoms with Crippen molar-refractivity contribution < 1.29 is 66.9 Å². The van der Waals surface area contributed by atoms with E-state index < -0.39 is 79.2 Å². The first-order valence-electron chi connectivity index (χ1n) is 23.5. The molecule has 64 heavy (non-hydrogen) atoms. The van der Waals surface area contributed by atoms with E-state index in [1.165, 1.54) is 6.92 Å². The number of hydrogen-bond acceptors (Lipinski definition) is 13.